The fourth-order valence-corrected chi connectivity index (χ4v) is 0.894. The molecule has 0 aliphatic heterocycles. The zero-order valence-electron chi connectivity index (χ0n) is 5.59. The molecule has 0 N–H and O–H groups in total. The van der Waals surface area contributed by atoms with Crippen LogP contribution in [0.25, 0.3) is 0 Å². The van der Waals surface area contributed by atoms with Gasteiger partial charge in [-0.05, 0) is 31.4 Å². The summed E-state index contributed by atoms with van der Waals surface area (Å²) in [5, 5.41) is 0. The Labute approximate surface area is 50.8 Å². The molecule has 1 saturated carbocycles. The average Bonchev–Trinajstić information content (AvgIpc) is 2.42. The molecule has 1 aliphatic carbocycles. The van der Waals surface area contributed by atoms with E-state index >= 15 is 0 Å². The van der Waals surface area contributed by atoms with Crippen LogP contribution in [-0.4, -0.2) is 12.8 Å². The first-order chi connectivity index (χ1) is 3.84. The summed E-state index contributed by atoms with van der Waals surface area (Å²) in [6, 6.07) is 0. The summed E-state index contributed by atoms with van der Waals surface area (Å²) in [6.45, 7) is 5.33. The highest BCUT2D eigenvalue weighted by Gasteiger charge is 2.31. The molecule has 1 heteroatoms. The monoisotopic (exact) mass is 111 g/mol. The molecule has 8 heavy (non-hydrogen) atoms. The number of rotatable bonds is 2. The molecule has 46 valence electrons. The molecular weight excluding hydrogens is 98.1 g/mol. The normalized spacial score (nSPS) is 36.2. The van der Waals surface area contributed by atoms with Crippen molar-refractivity contribution >= 4 is 6.21 Å². The zero-order valence-corrected chi connectivity index (χ0v) is 5.59. The topological polar surface area (TPSA) is 12.4 Å². The van der Waals surface area contributed by atoms with Gasteiger partial charge in [0.15, 0.2) is 0 Å². The van der Waals surface area contributed by atoms with Gasteiger partial charge in [-0.15, -0.1) is 0 Å². The van der Waals surface area contributed by atoms with E-state index in [9.17, 15) is 0 Å². The zero-order chi connectivity index (χ0) is 5.98. The van der Waals surface area contributed by atoms with Gasteiger partial charge in [-0.3, -0.25) is 4.99 Å². The van der Waals surface area contributed by atoms with E-state index in [1.54, 1.807) is 0 Å². The standard InChI is InChI=1S/C7H13N/c1-3-8-5-7-4-6(7)2/h3,6-7H,4-5H2,1-2H3. The Morgan fingerprint density at radius 2 is 2.38 bits per heavy atom. The molecule has 0 heterocycles. The van der Waals surface area contributed by atoms with Crippen LogP contribution in [0.15, 0.2) is 4.99 Å². The van der Waals surface area contributed by atoms with Gasteiger partial charge in [0.05, 0.1) is 0 Å². The first-order valence-corrected chi connectivity index (χ1v) is 3.29. The summed E-state index contributed by atoms with van der Waals surface area (Å²) in [4.78, 5) is 4.16. The quantitative estimate of drug-likeness (QED) is 0.481. The Morgan fingerprint density at radius 1 is 1.75 bits per heavy atom. The van der Waals surface area contributed by atoms with Gasteiger partial charge in [0.25, 0.3) is 0 Å². The lowest BCUT2D eigenvalue weighted by Gasteiger charge is -1.84. The summed E-state index contributed by atoms with van der Waals surface area (Å²) in [5.74, 6) is 1.88. The van der Waals surface area contributed by atoms with Crippen molar-refractivity contribution in [2.24, 2.45) is 16.8 Å². The van der Waals surface area contributed by atoms with E-state index in [-0.39, 0.29) is 0 Å². The second kappa shape index (κ2) is 2.29. The van der Waals surface area contributed by atoms with Gasteiger partial charge in [-0.25, -0.2) is 0 Å². The van der Waals surface area contributed by atoms with E-state index in [1.807, 2.05) is 13.1 Å². The smallest absolute Gasteiger partial charge is 0.0416 e. The SMILES string of the molecule is CC=NCC1CC1C. The van der Waals surface area contributed by atoms with Crippen molar-refractivity contribution in [3.63, 3.8) is 0 Å². The van der Waals surface area contributed by atoms with Crippen molar-refractivity contribution in [3.8, 4) is 0 Å². The van der Waals surface area contributed by atoms with Gasteiger partial charge in [0.2, 0.25) is 0 Å². The number of hydrogen-bond donors (Lipinski definition) is 0. The Morgan fingerprint density at radius 3 is 2.75 bits per heavy atom. The first kappa shape index (κ1) is 5.80. The fourth-order valence-electron chi connectivity index (χ4n) is 0.894. The molecule has 0 aromatic heterocycles. The van der Waals surface area contributed by atoms with Crippen LogP contribution in [-0.2, 0) is 0 Å². The summed E-state index contributed by atoms with van der Waals surface area (Å²) >= 11 is 0. The average molecular weight is 111 g/mol. The Balaban J connectivity index is 2.05. The van der Waals surface area contributed by atoms with Crippen molar-refractivity contribution < 1.29 is 0 Å². The van der Waals surface area contributed by atoms with Crippen LogP contribution >= 0.6 is 0 Å². The van der Waals surface area contributed by atoms with Gasteiger partial charge in [0, 0.05) is 6.54 Å². The van der Waals surface area contributed by atoms with E-state index in [0.717, 1.165) is 18.4 Å². The van der Waals surface area contributed by atoms with E-state index in [0.29, 0.717) is 0 Å². The Hall–Kier alpha value is -0.330. The minimum atomic E-state index is 0.922. The van der Waals surface area contributed by atoms with Crippen molar-refractivity contribution in [1.82, 2.24) is 0 Å². The second-order valence-electron chi connectivity index (χ2n) is 2.60. The highest BCUT2D eigenvalue weighted by Crippen LogP contribution is 2.37. The molecule has 1 rings (SSSR count). The van der Waals surface area contributed by atoms with Crippen LogP contribution in [0.1, 0.15) is 20.3 Å². The fraction of sp³-hybridized carbons (Fsp3) is 0.857. The molecule has 0 aromatic rings. The van der Waals surface area contributed by atoms with E-state index < -0.39 is 0 Å². The van der Waals surface area contributed by atoms with Crippen molar-refractivity contribution in [2.45, 2.75) is 20.3 Å². The molecule has 0 bridgehead atoms. The van der Waals surface area contributed by atoms with Crippen LogP contribution in [0.3, 0.4) is 0 Å². The van der Waals surface area contributed by atoms with Crippen LogP contribution in [0.4, 0.5) is 0 Å². The number of nitrogens with zero attached hydrogens (tertiary/aromatic N) is 1. The first-order valence-electron chi connectivity index (χ1n) is 3.29. The van der Waals surface area contributed by atoms with Gasteiger partial charge < -0.3 is 0 Å². The third kappa shape index (κ3) is 1.32. The molecular formula is C7H13N. The van der Waals surface area contributed by atoms with Crippen molar-refractivity contribution in [3.05, 3.63) is 0 Å². The maximum Gasteiger partial charge on any atom is 0.0416 e. The summed E-state index contributed by atoms with van der Waals surface area (Å²) in [7, 11) is 0. The van der Waals surface area contributed by atoms with Crippen molar-refractivity contribution in [1.29, 1.82) is 0 Å². The van der Waals surface area contributed by atoms with E-state index in [4.69, 9.17) is 0 Å². The molecule has 1 fully saturated rings. The predicted octanol–water partition coefficient (Wildman–Crippen LogP) is 1.73. The molecule has 0 saturated heterocycles. The molecule has 0 aromatic carbocycles. The lowest BCUT2D eigenvalue weighted by atomic mass is 10.3. The summed E-state index contributed by atoms with van der Waals surface area (Å²) in [6.07, 6.45) is 3.29. The highest BCUT2D eigenvalue weighted by molar-refractivity contribution is 5.53. The van der Waals surface area contributed by atoms with Crippen molar-refractivity contribution in [2.75, 3.05) is 6.54 Å². The number of hydrogen-bond acceptors (Lipinski definition) is 1. The molecule has 0 radical (unpaired) electrons. The van der Waals surface area contributed by atoms with Crippen LogP contribution in [0.2, 0.25) is 0 Å². The minimum absolute atomic E-state index is 0.922. The number of aliphatic imine (C=N–C) groups is 1. The minimum Gasteiger partial charge on any atom is -0.298 e. The maximum atomic E-state index is 4.16. The molecule has 2 unspecified atom stereocenters. The largest absolute Gasteiger partial charge is 0.298 e. The maximum absolute atomic E-state index is 4.16. The molecule has 1 aliphatic rings. The van der Waals surface area contributed by atoms with Gasteiger partial charge in [-0.2, -0.15) is 0 Å². The Bertz CT molecular complexity index is 96.6. The third-order valence-electron chi connectivity index (χ3n) is 1.80. The predicted molar refractivity (Wildman–Crippen MR) is 36.3 cm³/mol. The molecule has 0 amide bonds. The van der Waals surface area contributed by atoms with Crippen LogP contribution in [0.5, 0.6) is 0 Å². The lowest BCUT2D eigenvalue weighted by molar-refractivity contribution is 0.764. The summed E-state index contributed by atoms with van der Waals surface area (Å²) < 4.78 is 0. The molecule has 2 atom stereocenters. The van der Waals surface area contributed by atoms with Gasteiger partial charge in [-0.1, -0.05) is 6.92 Å². The summed E-state index contributed by atoms with van der Waals surface area (Å²) in [5.41, 5.74) is 0. The van der Waals surface area contributed by atoms with Gasteiger partial charge >= 0.3 is 0 Å². The second-order valence-corrected chi connectivity index (χ2v) is 2.60. The Kier molecular flexibility index (Phi) is 1.66. The van der Waals surface area contributed by atoms with Crippen LogP contribution < -0.4 is 0 Å². The molecule has 1 nitrogen and oxygen atoms in total. The van der Waals surface area contributed by atoms with Crippen LogP contribution in [0, 0.1) is 11.8 Å². The molecule has 0 spiro atoms. The third-order valence-corrected chi connectivity index (χ3v) is 1.80. The van der Waals surface area contributed by atoms with E-state index in [2.05, 4.69) is 11.9 Å². The highest BCUT2D eigenvalue weighted by atomic mass is 14.7. The van der Waals surface area contributed by atoms with E-state index in [1.165, 1.54) is 6.42 Å². The lowest BCUT2D eigenvalue weighted by Crippen LogP contribution is -1.83. The van der Waals surface area contributed by atoms with Gasteiger partial charge in [0.1, 0.15) is 0 Å².